The number of hydrogen-bond donors (Lipinski definition) is 1. The average molecular weight is 314 g/mol. The summed E-state index contributed by atoms with van der Waals surface area (Å²) in [6.07, 6.45) is 0. The highest BCUT2D eigenvalue weighted by molar-refractivity contribution is 7.10. The summed E-state index contributed by atoms with van der Waals surface area (Å²) in [6.45, 7) is 1.71. The van der Waals surface area contributed by atoms with E-state index in [1.807, 2.05) is 24.3 Å². The Kier molecular flexibility index (Phi) is 4.71. The molecule has 1 aromatic heterocycles. The minimum Gasteiger partial charge on any atom is -0.308 e. The van der Waals surface area contributed by atoms with Gasteiger partial charge >= 0.3 is 0 Å². The van der Waals surface area contributed by atoms with Gasteiger partial charge in [-0.15, -0.1) is 11.3 Å². The minimum atomic E-state index is 0.789. The number of nitrogens with one attached hydrogen (secondary N) is 1. The van der Waals surface area contributed by atoms with E-state index < -0.39 is 0 Å². The molecular weight excluding hydrogens is 298 g/mol. The van der Waals surface area contributed by atoms with E-state index in [4.69, 9.17) is 11.6 Å². The highest BCUT2D eigenvalue weighted by Gasteiger charge is 2.02. The Balaban J connectivity index is 1.58. The van der Waals surface area contributed by atoms with Crippen LogP contribution in [0, 0.1) is 0 Å². The van der Waals surface area contributed by atoms with Gasteiger partial charge in [0.2, 0.25) is 0 Å². The van der Waals surface area contributed by atoms with E-state index in [-0.39, 0.29) is 0 Å². The van der Waals surface area contributed by atoms with E-state index in [0.717, 1.165) is 18.1 Å². The molecule has 3 heteroatoms. The number of halogens is 1. The summed E-state index contributed by atoms with van der Waals surface area (Å²) in [7, 11) is 0. The van der Waals surface area contributed by atoms with Gasteiger partial charge in [0.15, 0.2) is 0 Å². The summed E-state index contributed by atoms with van der Waals surface area (Å²) in [4.78, 5) is 1.34. The number of thiophene rings is 1. The highest BCUT2D eigenvalue weighted by atomic mass is 35.5. The van der Waals surface area contributed by atoms with Crippen molar-refractivity contribution in [1.29, 1.82) is 0 Å². The van der Waals surface area contributed by atoms with Gasteiger partial charge in [0.1, 0.15) is 0 Å². The summed E-state index contributed by atoms with van der Waals surface area (Å²) in [5, 5.41) is 6.46. The van der Waals surface area contributed by atoms with Crippen LogP contribution in [0.25, 0.3) is 11.1 Å². The van der Waals surface area contributed by atoms with Crippen molar-refractivity contribution in [3.8, 4) is 11.1 Å². The van der Waals surface area contributed by atoms with E-state index in [1.165, 1.54) is 21.6 Å². The van der Waals surface area contributed by atoms with Crippen LogP contribution in [0.3, 0.4) is 0 Å². The lowest BCUT2D eigenvalue weighted by Crippen LogP contribution is -2.11. The number of benzene rings is 2. The maximum atomic E-state index is 5.99. The molecule has 2 aromatic carbocycles. The second-order valence-electron chi connectivity index (χ2n) is 4.90. The molecule has 1 heterocycles. The van der Waals surface area contributed by atoms with Crippen LogP contribution >= 0.6 is 22.9 Å². The van der Waals surface area contributed by atoms with Crippen LogP contribution in [0.15, 0.2) is 66.0 Å². The molecule has 0 aliphatic rings. The van der Waals surface area contributed by atoms with Crippen LogP contribution in [0.1, 0.15) is 10.4 Å². The molecule has 3 aromatic rings. The van der Waals surface area contributed by atoms with Crippen molar-refractivity contribution in [2.45, 2.75) is 13.1 Å². The number of rotatable bonds is 5. The summed E-state index contributed by atoms with van der Waals surface area (Å²) in [5.74, 6) is 0. The van der Waals surface area contributed by atoms with Gasteiger partial charge in [-0.2, -0.15) is 0 Å². The molecule has 0 atom stereocenters. The number of hydrogen-bond acceptors (Lipinski definition) is 2. The fraction of sp³-hybridized carbons (Fsp3) is 0.111. The monoisotopic (exact) mass is 313 g/mol. The van der Waals surface area contributed by atoms with Crippen molar-refractivity contribution in [2.24, 2.45) is 0 Å². The molecule has 0 fully saturated rings. The van der Waals surface area contributed by atoms with Gasteiger partial charge in [-0.1, -0.05) is 54.1 Å². The van der Waals surface area contributed by atoms with Crippen molar-refractivity contribution >= 4 is 22.9 Å². The van der Waals surface area contributed by atoms with Crippen molar-refractivity contribution < 1.29 is 0 Å². The maximum Gasteiger partial charge on any atom is 0.0409 e. The van der Waals surface area contributed by atoms with E-state index >= 15 is 0 Å². The van der Waals surface area contributed by atoms with Gasteiger partial charge in [-0.3, -0.25) is 0 Å². The van der Waals surface area contributed by atoms with Gasteiger partial charge in [0.25, 0.3) is 0 Å². The second kappa shape index (κ2) is 6.90. The molecule has 1 N–H and O–H groups in total. The predicted molar refractivity (Wildman–Crippen MR) is 91.8 cm³/mol. The SMILES string of the molecule is Clc1cccc(CNCc2cc(-c3ccccc3)cs2)c1. The largest absolute Gasteiger partial charge is 0.308 e. The van der Waals surface area contributed by atoms with E-state index in [1.54, 1.807) is 11.3 Å². The molecule has 0 unspecified atom stereocenters. The van der Waals surface area contributed by atoms with Crippen molar-refractivity contribution in [2.75, 3.05) is 0 Å². The van der Waals surface area contributed by atoms with Crippen molar-refractivity contribution in [3.05, 3.63) is 81.5 Å². The summed E-state index contributed by atoms with van der Waals surface area (Å²) in [6, 6.07) is 20.7. The minimum absolute atomic E-state index is 0.789. The standard InChI is InChI=1S/C18H16ClNS/c19-17-8-4-5-14(9-17)11-20-12-18-10-16(13-21-18)15-6-2-1-3-7-15/h1-10,13,20H,11-12H2. The summed E-state index contributed by atoms with van der Waals surface area (Å²) in [5.41, 5.74) is 3.78. The molecule has 106 valence electrons. The molecule has 0 saturated heterocycles. The predicted octanol–water partition coefficient (Wildman–Crippen LogP) is 5.36. The summed E-state index contributed by atoms with van der Waals surface area (Å²) < 4.78 is 0. The lowest BCUT2D eigenvalue weighted by Gasteiger charge is -2.03. The third-order valence-electron chi connectivity index (χ3n) is 3.28. The Bertz CT molecular complexity index is 706. The van der Waals surface area contributed by atoms with Gasteiger partial charge < -0.3 is 5.32 Å². The Morgan fingerprint density at radius 3 is 2.52 bits per heavy atom. The van der Waals surface area contributed by atoms with E-state index in [2.05, 4.69) is 47.1 Å². The first kappa shape index (κ1) is 14.3. The van der Waals surface area contributed by atoms with Crippen LogP contribution in [0.2, 0.25) is 5.02 Å². The molecule has 1 nitrogen and oxygen atoms in total. The highest BCUT2D eigenvalue weighted by Crippen LogP contribution is 2.25. The normalized spacial score (nSPS) is 10.7. The topological polar surface area (TPSA) is 12.0 Å². The van der Waals surface area contributed by atoms with Gasteiger partial charge in [-0.05, 0) is 40.3 Å². The fourth-order valence-corrected chi connectivity index (χ4v) is 3.31. The van der Waals surface area contributed by atoms with E-state index in [0.29, 0.717) is 0 Å². The third kappa shape index (κ3) is 3.94. The van der Waals surface area contributed by atoms with Crippen LogP contribution in [0.5, 0.6) is 0 Å². The Labute approximate surface area is 134 Å². The molecule has 3 rings (SSSR count). The van der Waals surface area contributed by atoms with Crippen LogP contribution in [-0.2, 0) is 13.1 Å². The molecule has 0 bridgehead atoms. The Morgan fingerprint density at radius 2 is 1.71 bits per heavy atom. The quantitative estimate of drug-likeness (QED) is 0.668. The zero-order chi connectivity index (χ0) is 14.5. The zero-order valence-electron chi connectivity index (χ0n) is 11.6. The average Bonchev–Trinajstić information content (AvgIpc) is 2.97. The van der Waals surface area contributed by atoms with Gasteiger partial charge in [0, 0.05) is 23.0 Å². The lowest BCUT2D eigenvalue weighted by atomic mass is 10.1. The Hall–Kier alpha value is -1.61. The molecule has 0 aliphatic heterocycles. The summed E-state index contributed by atoms with van der Waals surface area (Å²) >= 11 is 7.78. The van der Waals surface area contributed by atoms with Crippen LogP contribution in [0.4, 0.5) is 0 Å². The zero-order valence-corrected chi connectivity index (χ0v) is 13.1. The molecule has 0 radical (unpaired) electrons. The van der Waals surface area contributed by atoms with E-state index in [9.17, 15) is 0 Å². The smallest absolute Gasteiger partial charge is 0.0409 e. The molecule has 0 spiro atoms. The third-order valence-corrected chi connectivity index (χ3v) is 4.45. The first-order valence-electron chi connectivity index (χ1n) is 6.89. The first-order chi connectivity index (χ1) is 10.3. The molecule has 0 amide bonds. The molecule has 0 aliphatic carbocycles. The molecule has 0 saturated carbocycles. The van der Waals surface area contributed by atoms with Gasteiger partial charge in [0.05, 0.1) is 0 Å². The maximum absolute atomic E-state index is 5.99. The fourth-order valence-electron chi connectivity index (χ4n) is 2.23. The first-order valence-corrected chi connectivity index (χ1v) is 8.15. The van der Waals surface area contributed by atoms with Crippen molar-refractivity contribution in [1.82, 2.24) is 5.32 Å². The van der Waals surface area contributed by atoms with Crippen LogP contribution < -0.4 is 5.32 Å². The lowest BCUT2D eigenvalue weighted by molar-refractivity contribution is 0.701. The van der Waals surface area contributed by atoms with Crippen molar-refractivity contribution in [3.63, 3.8) is 0 Å². The molecule has 21 heavy (non-hydrogen) atoms. The molecular formula is C18H16ClNS. The second-order valence-corrected chi connectivity index (χ2v) is 6.33. The Morgan fingerprint density at radius 1 is 0.857 bits per heavy atom. The van der Waals surface area contributed by atoms with Gasteiger partial charge in [-0.25, -0.2) is 0 Å². The van der Waals surface area contributed by atoms with Crippen LogP contribution in [-0.4, -0.2) is 0 Å².